The highest BCUT2D eigenvalue weighted by atomic mass is 35.5. The largest absolute Gasteiger partial charge is 0.300 e. The Bertz CT molecular complexity index is 1230. The van der Waals surface area contributed by atoms with Crippen LogP contribution in [0.2, 0.25) is 5.02 Å². The highest BCUT2D eigenvalue weighted by Gasteiger charge is 2.21. The molecule has 0 aliphatic heterocycles. The lowest BCUT2D eigenvalue weighted by Crippen LogP contribution is -2.20. The fraction of sp³-hybridized carbons (Fsp3) is 0.238. The summed E-state index contributed by atoms with van der Waals surface area (Å²) >= 11 is 7.57. The molecule has 0 N–H and O–H groups in total. The van der Waals surface area contributed by atoms with Crippen molar-refractivity contribution in [2.45, 2.75) is 23.9 Å². The van der Waals surface area contributed by atoms with E-state index in [1.165, 1.54) is 16.2 Å². The number of nitrogens with zero attached hydrogens (tertiary/aromatic N) is 6. The highest BCUT2D eigenvalue weighted by Crippen LogP contribution is 2.29. The number of fused-ring (bicyclic) bond motifs is 1. The Labute approximate surface area is 183 Å². The Kier molecular flexibility index (Phi) is 5.90. The van der Waals surface area contributed by atoms with Crippen LogP contribution in [0, 0.1) is 0 Å². The van der Waals surface area contributed by atoms with Crippen LogP contribution in [0.15, 0.2) is 64.7 Å². The summed E-state index contributed by atoms with van der Waals surface area (Å²) in [7, 11) is 4.01. The molecule has 0 aliphatic rings. The summed E-state index contributed by atoms with van der Waals surface area (Å²) in [5.41, 5.74) is 2.16. The number of hydrogen-bond donors (Lipinski definition) is 0. The summed E-state index contributed by atoms with van der Waals surface area (Å²) in [5.74, 6) is 1.33. The normalized spacial score (nSPS) is 12.6. The van der Waals surface area contributed by atoms with E-state index in [2.05, 4.69) is 27.0 Å². The van der Waals surface area contributed by atoms with Crippen LogP contribution in [0.25, 0.3) is 11.3 Å². The maximum atomic E-state index is 12.4. The van der Waals surface area contributed by atoms with E-state index in [1.54, 1.807) is 12.3 Å². The van der Waals surface area contributed by atoms with Gasteiger partial charge in [0.15, 0.2) is 11.0 Å². The second kappa shape index (κ2) is 8.59. The zero-order chi connectivity index (χ0) is 21.3. The molecule has 0 saturated heterocycles. The van der Waals surface area contributed by atoms with Gasteiger partial charge in [-0.1, -0.05) is 29.4 Å². The SMILES string of the molecule is CC(c1nnc(SCc2cc(=O)n3ccccc3n2)n1-c1ccc(Cl)cc1)N(C)C. The predicted octanol–water partition coefficient (Wildman–Crippen LogP) is 3.84. The third-order valence-corrected chi connectivity index (χ3v) is 6.08. The molecule has 0 saturated carbocycles. The van der Waals surface area contributed by atoms with Crippen molar-refractivity contribution in [3.05, 3.63) is 81.6 Å². The van der Waals surface area contributed by atoms with Crippen LogP contribution in [0.3, 0.4) is 0 Å². The van der Waals surface area contributed by atoms with Gasteiger partial charge < -0.3 is 0 Å². The van der Waals surface area contributed by atoms with Gasteiger partial charge in [0.1, 0.15) is 5.65 Å². The van der Waals surface area contributed by atoms with Crippen LogP contribution >= 0.6 is 23.4 Å². The van der Waals surface area contributed by atoms with Crippen molar-refractivity contribution in [2.24, 2.45) is 0 Å². The average Bonchev–Trinajstić information content (AvgIpc) is 3.16. The molecule has 154 valence electrons. The van der Waals surface area contributed by atoms with Crippen LogP contribution in [-0.2, 0) is 5.75 Å². The number of halogens is 1. The lowest BCUT2D eigenvalue weighted by Gasteiger charge is -2.20. The minimum absolute atomic E-state index is 0.0611. The Morgan fingerprint density at radius 2 is 1.90 bits per heavy atom. The van der Waals surface area contributed by atoms with Gasteiger partial charge in [-0.05, 0) is 57.4 Å². The number of pyridine rings is 1. The van der Waals surface area contributed by atoms with Gasteiger partial charge in [0, 0.05) is 28.7 Å². The maximum Gasteiger partial charge on any atom is 0.258 e. The van der Waals surface area contributed by atoms with Crippen molar-refractivity contribution < 1.29 is 0 Å². The van der Waals surface area contributed by atoms with Crippen LogP contribution < -0.4 is 5.56 Å². The van der Waals surface area contributed by atoms with Crippen LogP contribution in [-0.4, -0.2) is 43.1 Å². The molecule has 4 aromatic rings. The van der Waals surface area contributed by atoms with Gasteiger partial charge in [-0.15, -0.1) is 10.2 Å². The zero-order valence-electron chi connectivity index (χ0n) is 16.9. The summed E-state index contributed by atoms with van der Waals surface area (Å²) in [4.78, 5) is 19.0. The van der Waals surface area contributed by atoms with Crippen molar-refractivity contribution >= 4 is 29.0 Å². The van der Waals surface area contributed by atoms with Crippen molar-refractivity contribution in [2.75, 3.05) is 14.1 Å². The summed E-state index contributed by atoms with van der Waals surface area (Å²) in [6.07, 6.45) is 1.72. The van der Waals surface area contributed by atoms with Gasteiger partial charge in [0.05, 0.1) is 11.7 Å². The van der Waals surface area contributed by atoms with Crippen LogP contribution in [0.5, 0.6) is 0 Å². The fourth-order valence-electron chi connectivity index (χ4n) is 3.02. The van der Waals surface area contributed by atoms with E-state index in [4.69, 9.17) is 11.6 Å². The minimum atomic E-state index is -0.0997. The summed E-state index contributed by atoms with van der Waals surface area (Å²) < 4.78 is 3.56. The van der Waals surface area contributed by atoms with Crippen LogP contribution in [0.1, 0.15) is 24.5 Å². The van der Waals surface area contributed by atoms with Crippen molar-refractivity contribution in [1.82, 2.24) is 29.0 Å². The Balaban J connectivity index is 1.69. The number of benzene rings is 1. The van der Waals surface area contributed by atoms with E-state index in [0.717, 1.165) is 16.7 Å². The first kappa shape index (κ1) is 20.6. The molecular weight excluding hydrogens is 420 g/mol. The van der Waals surface area contributed by atoms with E-state index < -0.39 is 0 Å². The number of rotatable bonds is 6. The summed E-state index contributed by atoms with van der Waals surface area (Å²) in [6.45, 7) is 2.08. The first-order valence-electron chi connectivity index (χ1n) is 9.42. The molecule has 0 bridgehead atoms. The predicted molar refractivity (Wildman–Crippen MR) is 119 cm³/mol. The third kappa shape index (κ3) is 4.12. The lowest BCUT2D eigenvalue weighted by molar-refractivity contribution is 0.305. The highest BCUT2D eigenvalue weighted by molar-refractivity contribution is 7.98. The van der Waals surface area contributed by atoms with Crippen LogP contribution in [0.4, 0.5) is 0 Å². The van der Waals surface area contributed by atoms with E-state index in [0.29, 0.717) is 22.1 Å². The van der Waals surface area contributed by atoms with E-state index >= 15 is 0 Å². The molecule has 9 heteroatoms. The Morgan fingerprint density at radius 1 is 1.13 bits per heavy atom. The molecule has 3 heterocycles. The van der Waals surface area contributed by atoms with Gasteiger partial charge in [0.25, 0.3) is 5.56 Å². The van der Waals surface area contributed by atoms with Crippen molar-refractivity contribution in [3.8, 4) is 5.69 Å². The van der Waals surface area contributed by atoms with E-state index in [-0.39, 0.29) is 11.6 Å². The average molecular weight is 441 g/mol. The van der Waals surface area contributed by atoms with Gasteiger partial charge >= 0.3 is 0 Å². The molecule has 0 fully saturated rings. The molecule has 4 rings (SSSR count). The third-order valence-electron chi connectivity index (χ3n) is 4.86. The van der Waals surface area contributed by atoms with Gasteiger partial charge in [-0.25, -0.2) is 4.98 Å². The Hall–Kier alpha value is -2.68. The van der Waals surface area contributed by atoms with Gasteiger partial charge in [-0.3, -0.25) is 18.7 Å². The molecule has 1 unspecified atom stereocenters. The summed E-state index contributed by atoms with van der Waals surface area (Å²) in [6, 6.07) is 14.7. The fourth-order valence-corrected chi connectivity index (χ4v) is 4.00. The number of aromatic nitrogens is 5. The van der Waals surface area contributed by atoms with Gasteiger partial charge in [0.2, 0.25) is 0 Å². The smallest absolute Gasteiger partial charge is 0.258 e. The molecular formula is C21H21ClN6OS. The molecule has 30 heavy (non-hydrogen) atoms. The van der Waals surface area contributed by atoms with Crippen molar-refractivity contribution in [3.63, 3.8) is 0 Å². The van der Waals surface area contributed by atoms with E-state index in [9.17, 15) is 4.79 Å². The molecule has 3 aromatic heterocycles. The maximum absolute atomic E-state index is 12.4. The molecule has 0 radical (unpaired) electrons. The zero-order valence-corrected chi connectivity index (χ0v) is 18.4. The second-order valence-corrected chi connectivity index (χ2v) is 8.47. The minimum Gasteiger partial charge on any atom is -0.300 e. The Morgan fingerprint density at radius 3 is 2.63 bits per heavy atom. The molecule has 1 aromatic carbocycles. The van der Waals surface area contributed by atoms with Gasteiger partial charge in [-0.2, -0.15) is 0 Å². The summed E-state index contributed by atoms with van der Waals surface area (Å²) in [5, 5.41) is 10.3. The molecule has 7 nitrogen and oxygen atoms in total. The topological polar surface area (TPSA) is 68.3 Å². The number of thioether (sulfide) groups is 1. The first-order chi connectivity index (χ1) is 14.4. The van der Waals surface area contributed by atoms with E-state index in [1.807, 2.05) is 61.1 Å². The lowest BCUT2D eigenvalue weighted by atomic mass is 10.2. The molecule has 0 spiro atoms. The number of hydrogen-bond acceptors (Lipinski definition) is 6. The second-order valence-electron chi connectivity index (χ2n) is 7.10. The van der Waals surface area contributed by atoms with Crippen molar-refractivity contribution in [1.29, 1.82) is 0 Å². The molecule has 1 atom stereocenters. The molecule has 0 aliphatic carbocycles. The molecule has 0 amide bonds. The standard InChI is InChI=1S/C21H21ClN6OS/c1-14(26(2)3)20-24-25-21(28(20)17-9-7-15(22)8-10-17)30-13-16-12-19(29)27-11-5-4-6-18(27)23-16/h4-12,14H,13H2,1-3H3. The first-order valence-corrected chi connectivity index (χ1v) is 10.8. The quantitative estimate of drug-likeness (QED) is 0.424. The monoisotopic (exact) mass is 440 g/mol.